The fourth-order valence-corrected chi connectivity index (χ4v) is 3.24. The van der Waals surface area contributed by atoms with Gasteiger partial charge in [-0.2, -0.15) is 0 Å². The summed E-state index contributed by atoms with van der Waals surface area (Å²) >= 11 is 0. The fourth-order valence-electron chi connectivity index (χ4n) is 3.24. The van der Waals surface area contributed by atoms with E-state index in [1.54, 1.807) is 0 Å². The van der Waals surface area contributed by atoms with Crippen molar-refractivity contribution in [2.75, 3.05) is 26.2 Å². The summed E-state index contributed by atoms with van der Waals surface area (Å²) in [5.74, 6) is 1.67. The van der Waals surface area contributed by atoms with Crippen LogP contribution in [0.4, 0.5) is 0 Å². The Bertz CT molecular complexity index is 496. The average Bonchev–Trinajstić information content (AvgIpc) is 2.65. The SMILES string of the molecule is CCNC(=NCC(CC)CC)NC1CCN(Cc2ccccn2)CC1.I. The zero-order chi connectivity index (χ0) is 17.9. The molecule has 6 heteroatoms. The number of halogens is 1. The molecule has 2 rings (SSSR count). The van der Waals surface area contributed by atoms with Crippen molar-refractivity contribution in [3.63, 3.8) is 0 Å². The van der Waals surface area contributed by atoms with Gasteiger partial charge in [0.2, 0.25) is 0 Å². The molecule has 2 N–H and O–H groups in total. The Morgan fingerprint density at radius 3 is 2.54 bits per heavy atom. The predicted octanol–water partition coefficient (Wildman–Crippen LogP) is 3.66. The zero-order valence-corrected chi connectivity index (χ0v) is 18.9. The highest BCUT2D eigenvalue weighted by Crippen LogP contribution is 2.13. The molecule has 0 bridgehead atoms. The first kappa shape index (κ1) is 23.1. The maximum absolute atomic E-state index is 4.81. The molecule has 0 aromatic carbocycles. The third kappa shape index (κ3) is 8.20. The number of pyridine rings is 1. The van der Waals surface area contributed by atoms with Gasteiger partial charge in [0.05, 0.1) is 5.69 Å². The Morgan fingerprint density at radius 2 is 1.96 bits per heavy atom. The van der Waals surface area contributed by atoms with Crippen LogP contribution >= 0.6 is 24.0 Å². The van der Waals surface area contributed by atoms with Gasteiger partial charge in [-0.3, -0.25) is 14.9 Å². The molecule has 1 aliphatic rings. The van der Waals surface area contributed by atoms with Gasteiger partial charge >= 0.3 is 0 Å². The van der Waals surface area contributed by atoms with E-state index in [4.69, 9.17) is 4.99 Å². The molecule has 0 saturated carbocycles. The predicted molar refractivity (Wildman–Crippen MR) is 121 cm³/mol. The first-order chi connectivity index (χ1) is 12.2. The quantitative estimate of drug-likeness (QED) is 0.344. The molecule has 148 valence electrons. The van der Waals surface area contributed by atoms with Crippen LogP contribution in [0, 0.1) is 5.92 Å². The van der Waals surface area contributed by atoms with Crippen LogP contribution in [-0.4, -0.2) is 48.1 Å². The first-order valence-corrected chi connectivity index (χ1v) is 9.92. The second-order valence-electron chi connectivity index (χ2n) is 6.92. The lowest BCUT2D eigenvalue weighted by Gasteiger charge is -2.33. The van der Waals surface area contributed by atoms with E-state index >= 15 is 0 Å². The average molecular weight is 473 g/mol. The molecule has 0 spiro atoms. The van der Waals surface area contributed by atoms with Gasteiger partial charge in [0, 0.05) is 45.0 Å². The topological polar surface area (TPSA) is 52.6 Å². The van der Waals surface area contributed by atoms with E-state index in [-0.39, 0.29) is 24.0 Å². The lowest BCUT2D eigenvalue weighted by atomic mass is 10.0. The number of aromatic nitrogens is 1. The highest BCUT2D eigenvalue weighted by atomic mass is 127. The van der Waals surface area contributed by atoms with E-state index in [0.717, 1.165) is 57.2 Å². The van der Waals surface area contributed by atoms with Gasteiger partial charge in [0.1, 0.15) is 0 Å². The van der Waals surface area contributed by atoms with Gasteiger partial charge < -0.3 is 10.6 Å². The number of aliphatic imine (C=N–C) groups is 1. The monoisotopic (exact) mass is 473 g/mol. The lowest BCUT2D eigenvalue weighted by Crippen LogP contribution is -2.48. The number of rotatable bonds is 8. The van der Waals surface area contributed by atoms with Gasteiger partial charge in [0.15, 0.2) is 5.96 Å². The van der Waals surface area contributed by atoms with Crippen LogP contribution in [-0.2, 0) is 6.54 Å². The molecule has 0 aliphatic carbocycles. The van der Waals surface area contributed by atoms with E-state index in [1.807, 2.05) is 12.3 Å². The number of guanidine groups is 1. The van der Waals surface area contributed by atoms with E-state index < -0.39 is 0 Å². The highest BCUT2D eigenvalue weighted by Gasteiger charge is 2.20. The Hall–Kier alpha value is -0.890. The number of likely N-dealkylation sites (tertiary alicyclic amines) is 1. The van der Waals surface area contributed by atoms with Crippen LogP contribution in [0.1, 0.15) is 52.1 Å². The first-order valence-electron chi connectivity index (χ1n) is 9.92. The summed E-state index contributed by atoms with van der Waals surface area (Å²) in [5.41, 5.74) is 1.16. The summed E-state index contributed by atoms with van der Waals surface area (Å²) in [6.07, 6.45) is 6.59. The van der Waals surface area contributed by atoms with Crippen LogP contribution < -0.4 is 10.6 Å². The summed E-state index contributed by atoms with van der Waals surface area (Å²) in [6, 6.07) is 6.66. The number of nitrogens with one attached hydrogen (secondary N) is 2. The minimum Gasteiger partial charge on any atom is -0.357 e. The smallest absolute Gasteiger partial charge is 0.191 e. The second kappa shape index (κ2) is 13.3. The van der Waals surface area contributed by atoms with Gasteiger partial charge in [-0.1, -0.05) is 32.8 Å². The number of hydrogen-bond acceptors (Lipinski definition) is 3. The van der Waals surface area contributed by atoms with Crippen LogP contribution in [0.25, 0.3) is 0 Å². The third-order valence-corrected chi connectivity index (χ3v) is 5.05. The van der Waals surface area contributed by atoms with Crippen molar-refractivity contribution < 1.29 is 0 Å². The lowest BCUT2D eigenvalue weighted by molar-refractivity contribution is 0.196. The zero-order valence-electron chi connectivity index (χ0n) is 16.6. The van der Waals surface area contributed by atoms with Crippen molar-refractivity contribution in [1.29, 1.82) is 0 Å². The van der Waals surface area contributed by atoms with Gasteiger partial charge in [-0.25, -0.2) is 0 Å². The summed E-state index contributed by atoms with van der Waals surface area (Å²) < 4.78 is 0. The van der Waals surface area contributed by atoms with Crippen molar-refractivity contribution >= 4 is 29.9 Å². The van der Waals surface area contributed by atoms with E-state index in [2.05, 4.69) is 53.4 Å². The summed E-state index contributed by atoms with van der Waals surface area (Å²) in [6.45, 7) is 11.6. The highest BCUT2D eigenvalue weighted by molar-refractivity contribution is 14.0. The molecule has 0 radical (unpaired) electrons. The van der Waals surface area contributed by atoms with Crippen LogP contribution in [0.2, 0.25) is 0 Å². The molecule has 0 amide bonds. The molecule has 1 aliphatic heterocycles. The maximum atomic E-state index is 4.81. The van der Waals surface area contributed by atoms with Crippen LogP contribution in [0.3, 0.4) is 0 Å². The molecule has 1 saturated heterocycles. The molecule has 0 atom stereocenters. The molecule has 0 unspecified atom stereocenters. The Balaban J connectivity index is 0.00000338. The van der Waals surface area contributed by atoms with E-state index in [0.29, 0.717) is 12.0 Å². The van der Waals surface area contributed by atoms with Crippen molar-refractivity contribution in [3.05, 3.63) is 30.1 Å². The summed E-state index contributed by atoms with van der Waals surface area (Å²) in [4.78, 5) is 11.7. The number of piperidine rings is 1. The minimum absolute atomic E-state index is 0. The molecule has 2 heterocycles. The minimum atomic E-state index is 0. The molecule has 26 heavy (non-hydrogen) atoms. The van der Waals surface area contributed by atoms with Crippen LogP contribution in [0.15, 0.2) is 29.4 Å². The van der Waals surface area contributed by atoms with Crippen LogP contribution in [0.5, 0.6) is 0 Å². The molecule has 1 fully saturated rings. The fraction of sp³-hybridized carbons (Fsp3) is 0.700. The number of hydrogen-bond donors (Lipinski definition) is 2. The number of nitrogens with zero attached hydrogens (tertiary/aromatic N) is 3. The third-order valence-electron chi connectivity index (χ3n) is 5.05. The van der Waals surface area contributed by atoms with Crippen molar-refractivity contribution in [2.24, 2.45) is 10.9 Å². The largest absolute Gasteiger partial charge is 0.357 e. The molecule has 5 nitrogen and oxygen atoms in total. The standard InChI is InChI=1S/C20H35N5.HI/c1-4-17(5-2)15-23-20(21-6-3)24-18-10-13-25(14-11-18)16-19-9-7-8-12-22-19;/h7-9,12,17-18H,4-6,10-11,13-16H2,1-3H3,(H2,21,23,24);1H. The second-order valence-corrected chi connectivity index (χ2v) is 6.92. The van der Waals surface area contributed by atoms with E-state index in [1.165, 1.54) is 12.8 Å². The Kier molecular flexibility index (Phi) is 11.8. The van der Waals surface area contributed by atoms with Crippen molar-refractivity contribution in [1.82, 2.24) is 20.5 Å². The maximum Gasteiger partial charge on any atom is 0.191 e. The summed E-state index contributed by atoms with van der Waals surface area (Å²) in [7, 11) is 0. The molecule has 1 aromatic rings. The molecule has 1 aromatic heterocycles. The molecular weight excluding hydrogens is 437 g/mol. The van der Waals surface area contributed by atoms with Gasteiger partial charge in [-0.15, -0.1) is 24.0 Å². The van der Waals surface area contributed by atoms with Crippen molar-refractivity contribution in [2.45, 2.75) is 59.0 Å². The summed E-state index contributed by atoms with van der Waals surface area (Å²) in [5, 5.41) is 7.04. The molecular formula is C20H36IN5. The van der Waals surface area contributed by atoms with E-state index in [9.17, 15) is 0 Å². The normalized spacial score (nSPS) is 16.4. The van der Waals surface area contributed by atoms with Gasteiger partial charge in [0.25, 0.3) is 0 Å². The Labute approximate surface area is 176 Å². The van der Waals surface area contributed by atoms with Gasteiger partial charge in [-0.05, 0) is 37.8 Å². The Morgan fingerprint density at radius 1 is 1.23 bits per heavy atom. The van der Waals surface area contributed by atoms with Crippen molar-refractivity contribution in [3.8, 4) is 0 Å².